The number of carbonyl (C=O) groups excluding carboxylic acids is 1. The van der Waals surface area contributed by atoms with Crippen LogP contribution in [0, 0.1) is 0 Å². The van der Waals surface area contributed by atoms with E-state index in [0.717, 1.165) is 19.5 Å². The van der Waals surface area contributed by atoms with Gasteiger partial charge >= 0.3 is 6.09 Å². The molecule has 1 saturated carbocycles. The second-order valence-corrected chi connectivity index (χ2v) is 5.38. The van der Waals surface area contributed by atoms with E-state index in [2.05, 4.69) is 5.32 Å². The van der Waals surface area contributed by atoms with Crippen molar-refractivity contribution < 1.29 is 9.53 Å². The highest BCUT2D eigenvalue weighted by atomic mass is 16.6. The van der Waals surface area contributed by atoms with Crippen molar-refractivity contribution in [1.82, 2.24) is 10.2 Å². The minimum absolute atomic E-state index is 0.154. The number of nitrogens with one attached hydrogen (secondary N) is 1. The topological polar surface area (TPSA) is 41.6 Å². The first-order valence-corrected chi connectivity index (χ1v) is 5.70. The van der Waals surface area contributed by atoms with Crippen molar-refractivity contribution in [3.05, 3.63) is 0 Å². The molecule has 1 N–H and O–H groups in total. The van der Waals surface area contributed by atoms with Gasteiger partial charge in [0.05, 0.1) is 6.04 Å². The van der Waals surface area contributed by atoms with Crippen LogP contribution in [-0.4, -0.2) is 41.8 Å². The standard InChI is InChI=1S/C11H20N2O2/c1-11(2,3)15-10(14)13-7-6-12-8-4-5-9(8)13/h8-9,12H,4-7H2,1-3H3. The summed E-state index contributed by atoms with van der Waals surface area (Å²) in [5.41, 5.74) is -0.388. The number of nitrogens with zero attached hydrogens (tertiary/aromatic N) is 1. The molecule has 15 heavy (non-hydrogen) atoms. The summed E-state index contributed by atoms with van der Waals surface area (Å²) in [4.78, 5) is 13.8. The number of amides is 1. The molecule has 2 unspecified atom stereocenters. The molecule has 0 bridgehead atoms. The Morgan fingerprint density at radius 1 is 1.40 bits per heavy atom. The second-order valence-electron chi connectivity index (χ2n) is 5.38. The zero-order chi connectivity index (χ0) is 11.1. The third-order valence-corrected chi connectivity index (χ3v) is 3.03. The van der Waals surface area contributed by atoms with E-state index < -0.39 is 0 Å². The summed E-state index contributed by atoms with van der Waals surface area (Å²) < 4.78 is 5.39. The first-order valence-electron chi connectivity index (χ1n) is 5.70. The van der Waals surface area contributed by atoms with Gasteiger partial charge in [-0.3, -0.25) is 0 Å². The number of rotatable bonds is 0. The van der Waals surface area contributed by atoms with E-state index in [9.17, 15) is 4.79 Å². The zero-order valence-corrected chi connectivity index (χ0v) is 9.75. The summed E-state index contributed by atoms with van der Waals surface area (Å²) in [7, 11) is 0. The monoisotopic (exact) mass is 212 g/mol. The number of hydrogen-bond acceptors (Lipinski definition) is 3. The Morgan fingerprint density at radius 3 is 2.67 bits per heavy atom. The highest BCUT2D eigenvalue weighted by molar-refractivity contribution is 5.69. The van der Waals surface area contributed by atoms with Crippen molar-refractivity contribution >= 4 is 6.09 Å². The van der Waals surface area contributed by atoms with Crippen LogP contribution in [0.15, 0.2) is 0 Å². The molecule has 2 aliphatic rings. The lowest BCUT2D eigenvalue weighted by Gasteiger charge is -2.48. The minimum atomic E-state index is -0.388. The zero-order valence-electron chi connectivity index (χ0n) is 9.75. The van der Waals surface area contributed by atoms with Gasteiger partial charge in [-0.25, -0.2) is 4.79 Å². The average Bonchev–Trinajstić information content (AvgIpc) is 2.03. The predicted octanol–water partition coefficient (Wildman–Crippen LogP) is 1.36. The van der Waals surface area contributed by atoms with Crippen molar-refractivity contribution in [3.63, 3.8) is 0 Å². The molecule has 0 aromatic rings. The van der Waals surface area contributed by atoms with Crippen LogP contribution in [0.25, 0.3) is 0 Å². The Kier molecular flexibility index (Phi) is 2.63. The number of ether oxygens (including phenoxy) is 1. The Labute approximate surface area is 91.0 Å². The first-order chi connectivity index (χ1) is 6.97. The molecule has 0 aromatic carbocycles. The van der Waals surface area contributed by atoms with Crippen molar-refractivity contribution in [2.75, 3.05) is 13.1 Å². The van der Waals surface area contributed by atoms with Gasteiger partial charge in [0.2, 0.25) is 0 Å². The highest BCUT2D eigenvalue weighted by Gasteiger charge is 2.41. The fraction of sp³-hybridized carbons (Fsp3) is 0.909. The summed E-state index contributed by atoms with van der Waals surface area (Å²) in [5.74, 6) is 0. The summed E-state index contributed by atoms with van der Waals surface area (Å²) >= 11 is 0. The molecule has 2 rings (SSSR count). The largest absolute Gasteiger partial charge is 0.444 e. The van der Waals surface area contributed by atoms with E-state index in [1.165, 1.54) is 6.42 Å². The average molecular weight is 212 g/mol. The van der Waals surface area contributed by atoms with Gasteiger partial charge in [-0.2, -0.15) is 0 Å². The van der Waals surface area contributed by atoms with Gasteiger partial charge < -0.3 is 15.0 Å². The SMILES string of the molecule is CC(C)(C)OC(=O)N1CCNC2CCC21. The lowest BCUT2D eigenvalue weighted by Crippen LogP contribution is -2.65. The Hall–Kier alpha value is -0.770. The maximum Gasteiger partial charge on any atom is 0.410 e. The van der Waals surface area contributed by atoms with Crippen LogP contribution in [0.3, 0.4) is 0 Å². The van der Waals surface area contributed by atoms with E-state index >= 15 is 0 Å². The fourth-order valence-corrected chi connectivity index (χ4v) is 2.18. The van der Waals surface area contributed by atoms with Crippen molar-refractivity contribution in [2.24, 2.45) is 0 Å². The fourth-order valence-electron chi connectivity index (χ4n) is 2.18. The molecule has 86 valence electrons. The first kappa shape index (κ1) is 10.7. The predicted molar refractivity (Wildman–Crippen MR) is 57.8 cm³/mol. The molecule has 4 nitrogen and oxygen atoms in total. The number of hydrogen-bond donors (Lipinski definition) is 1. The van der Waals surface area contributed by atoms with E-state index in [-0.39, 0.29) is 11.7 Å². The van der Waals surface area contributed by atoms with Crippen LogP contribution < -0.4 is 5.32 Å². The smallest absolute Gasteiger partial charge is 0.410 e. The van der Waals surface area contributed by atoms with E-state index in [1.54, 1.807) is 0 Å². The maximum atomic E-state index is 11.9. The Morgan fingerprint density at radius 2 is 2.13 bits per heavy atom. The summed E-state index contributed by atoms with van der Waals surface area (Å²) in [6, 6.07) is 0.875. The van der Waals surface area contributed by atoms with Gasteiger partial charge in [0, 0.05) is 19.1 Å². The van der Waals surface area contributed by atoms with Crippen molar-refractivity contribution in [1.29, 1.82) is 0 Å². The number of piperazine rings is 1. The van der Waals surface area contributed by atoms with Crippen LogP contribution in [-0.2, 0) is 4.74 Å². The molecule has 1 saturated heterocycles. The molecular weight excluding hydrogens is 192 g/mol. The Bertz CT molecular complexity index is 260. The van der Waals surface area contributed by atoms with E-state index in [0.29, 0.717) is 12.1 Å². The summed E-state index contributed by atoms with van der Waals surface area (Å²) in [5, 5.41) is 3.42. The van der Waals surface area contributed by atoms with Gasteiger partial charge in [-0.15, -0.1) is 0 Å². The van der Waals surface area contributed by atoms with Gasteiger partial charge in [-0.05, 0) is 33.6 Å². The molecule has 2 fully saturated rings. The molecule has 2 atom stereocenters. The normalized spacial score (nSPS) is 30.5. The number of fused-ring (bicyclic) bond motifs is 1. The van der Waals surface area contributed by atoms with Gasteiger partial charge in [0.15, 0.2) is 0 Å². The van der Waals surface area contributed by atoms with Crippen LogP contribution >= 0.6 is 0 Å². The Balaban J connectivity index is 1.94. The molecule has 1 heterocycles. The number of carbonyl (C=O) groups is 1. The lowest BCUT2D eigenvalue weighted by atomic mass is 9.83. The molecular formula is C11H20N2O2. The molecule has 1 aliphatic carbocycles. The molecule has 4 heteroatoms. The molecule has 0 aromatic heterocycles. The summed E-state index contributed by atoms with van der Waals surface area (Å²) in [6.07, 6.45) is 2.14. The third kappa shape index (κ3) is 2.25. The summed E-state index contributed by atoms with van der Waals surface area (Å²) in [6.45, 7) is 7.39. The van der Waals surface area contributed by atoms with Gasteiger partial charge in [0.25, 0.3) is 0 Å². The molecule has 0 radical (unpaired) electrons. The maximum absolute atomic E-state index is 11.9. The molecule has 1 aliphatic heterocycles. The van der Waals surface area contributed by atoms with E-state index in [1.807, 2.05) is 25.7 Å². The van der Waals surface area contributed by atoms with E-state index in [4.69, 9.17) is 4.74 Å². The quantitative estimate of drug-likeness (QED) is 0.659. The molecule has 1 amide bonds. The van der Waals surface area contributed by atoms with Crippen molar-refractivity contribution in [2.45, 2.75) is 51.3 Å². The van der Waals surface area contributed by atoms with Crippen LogP contribution in [0.5, 0.6) is 0 Å². The van der Waals surface area contributed by atoms with Crippen LogP contribution in [0.1, 0.15) is 33.6 Å². The lowest BCUT2D eigenvalue weighted by molar-refractivity contribution is -0.0104. The highest BCUT2D eigenvalue weighted by Crippen LogP contribution is 2.29. The van der Waals surface area contributed by atoms with Gasteiger partial charge in [0.1, 0.15) is 5.60 Å². The van der Waals surface area contributed by atoms with Crippen LogP contribution in [0.2, 0.25) is 0 Å². The second kappa shape index (κ2) is 3.67. The third-order valence-electron chi connectivity index (χ3n) is 3.03. The van der Waals surface area contributed by atoms with Crippen LogP contribution in [0.4, 0.5) is 4.79 Å². The minimum Gasteiger partial charge on any atom is -0.444 e. The molecule has 0 spiro atoms. The van der Waals surface area contributed by atoms with Gasteiger partial charge in [-0.1, -0.05) is 0 Å². The van der Waals surface area contributed by atoms with Crippen molar-refractivity contribution in [3.8, 4) is 0 Å².